The zero-order chi connectivity index (χ0) is 9.30. The molecule has 7 heteroatoms. The predicted molar refractivity (Wildman–Crippen MR) is 37.3 cm³/mol. The van der Waals surface area contributed by atoms with E-state index in [2.05, 4.69) is 4.84 Å². The Bertz CT molecular complexity index is 320. The zero-order valence-electron chi connectivity index (χ0n) is 5.56. The molecule has 1 heterocycles. The molecule has 0 atom stereocenters. The molecule has 0 aliphatic rings. The van der Waals surface area contributed by atoms with Gasteiger partial charge in [0.15, 0.2) is 5.75 Å². The van der Waals surface area contributed by atoms with Crippen molar-refractivity contribution in [2.45, 2.75) is 0 Å². The number of halogens is 1. The van der Waals surface area contributed by atoms with E-state index in [-0.39, 0.29) is 4.73 Å². The van der Waals surface area contributed by atoms with Crippen LogP contribution in [0.4, 0.5) is 4.79 Å². The lowest BCUT2D eigenvalue weighted by Gasteiger charge is -2.01. The van der Waals surface area contributed by atoms with Gasteiger partial charge in [0.25, 0.3) is 5.88 Å². The average molecular weight is 194 g/mol. The van der Waals surface area contributed by atoms with Crippen molar-refractivity contribution in [1.29, 1.82) is 0 Å². The minimum absolute atomic E-state index is 0.282. The van der Waals surface area contributed by atoms with Crippen molar-refractivity contribution >= 4 is 17.0 Å². The van der Waals surface area contributed by atoms with Crippen molar-refractivity contribution < 1.29 is 25.0 Å². The van der Waals surface area contributed by atoms with Gasteiger partial charge >= 0.3 is 5.43 Å². The molecule has 0 fully saturated rings. The van der Waals surface area contributed by atoms with Gasteiger partial charge < -0.3 is 20.2 Å². The summed E-state index contributed by atoms with van der Waals surface area (Å²) in [6.45, 7) is 0. The van der Waals surface area contributed by atoms with E-state index in [0.717, 1.165) is 6.07 Å². The van der Waals surface area contributed by atoms with Crippen LogP contribution in [0.25, 0.3) is 0 Å². The van der Waals surface area contributed by atoms with Crippen LogP contribution in [0.15, 0.2) is 6.07 Å². The fraction of sp³-hybridized carbons (Fsp3) is 0. The van der Waals surface area contributed by atoms with E-state index in [1.807, 2.05) is 0 Å². The Balaban J connectivity index is 3.05. The molecule has 0 unspecified atom stereocenters. The second-order valence-electron chi connectivity index (χ2n) is 1.83. The third-order valence-corrected chi connectivity index (χ3v) is 1.13. The van der Waals surface area contributed by atoms with E-state index in [4.69, 9.17) is 26.9 Å². The molecule has 0 amide bonds. The Morgan fingerprint density at radius 1 is 1.50 bits per heavy atom. The SMILES string of the molecule is O=C(Cl)On1c(O)cc(O)c1O. The monoisotopic (exact) mass is 193 g/mol. The molecule has 6 nitrogen and oxygen atoms in total. The summed E-state index contributed by atoms with van der Waals surface area (Å²) in [7, 11) is 0. The largest absolute Gasteiger partial charge is 0.503 e. The molecular formula is C5H4ClNO5. The summed E-state index contributed by atoms with van der Waals surface area (Å²) in [5, 5.41) is 26.5. The Labute approximate surface area is 71.1 Å². The van der Waals surface area contributed by atoms with Gasteiger partial charge in [0, 0.05) is 17.7 Å². The minimum Gasteiger partial charge on any atom is -0.503 e. The third kappa shape index (κ3) is 1.37. The number of aromatic hydroxyl groups is 3. The van der Waals surface area contributed by atoms with Gasteiger partial charge in [-0.2, -0.15) is 0 Å². The number of carbonyl (C=O) groups excluding carboxylic acids is 1. The molecule has 0 bridgehead atoms. The van der Waals surface area contributed by atoms with Gasteiger partial charge in [-0.25, -0.2) is 4.79 Å². The summed E-state index contributed by atoms with van der Waals surface area (Å²) in [4.78, 5) is 14.2. The Kier molecular flexibility index (Phi) is 2.01. The first-order valence-electron chi connectivity index (χ1n) is 2.73. The number of rotatable bonds is 1. The van der Waals surface area contributed by atoms with Gasteiger partial charge in [0.2, 0.25) is 5.88 Å². The van der Waals surface area contributed by atoms with Gasteiger partial charge in [0.05, 0.1) is 0 Å². The lowest BCUT2D eigenvalue weighted by molar-refractivity contribution is 0.128. The lowest BCUT2D eigenvalue weighted by Crippen LogP contribution is -2.11. The topological polar surface area (TPSA) is 91.9 Å². The quantitative estimate of drug-likeness (QED) is 0.561. The highest BCUT2D eigenvalue weighted by Gasteiger charge is 2.15. The summed E-state index contributed by atoms with van der Waals surface area (Å²) >= 11 is 4.78. The number of carbonyl (C=O) groups is 1. The first-order chi connectivity index (χ1) is 5.52. The van der Waals surface area contributed by atoms with Crippen LogP contribution >= 0.6 is 11.6 Å². The molecule has 0 saturated heterocycles. The Morgan fingerprint density at radius 2 is 2.08 bits per heavy atom. The second-order valence-corrected chi connectivity index (χ2v) is 2.14. The van der Waals surface area contributed by atoms with Crippen molar-refractivity contribution in [3.05, 3.63) is 6.07 Å². The van der Waals surface area contributed by atoms with Gasteiger partial charge in [-0.3, -0.25) is 0 Å². The van der Waals surface area contributed by atoms with Crippen molar-refractivity contribution in [3.63, 3.8) is 0 Å². The van der Waals surface area contributed by atoms with E-state index in [0.29, 0.717) is 0 Å². The van der Waals surface area contributed by atoms with Gasteiger partial charge in [-0.1, -0.05) is 4.73 Å². The third-order valence-electron chi connectivity index (χ3n) is 1.06. The van der Waals surface area contributed by atoms with Gasteiger partial charge in [-0.05, 0) is 0 Å². The minimum atomic E-state index is -1.25. The van der Waals surface area contributed by atoms with Crippen LogP contribution in [0.2, 0.25) is 0 Å². The van der Waals surface area contributed by atoms with Crippen LogP contribution in [0.5, 0.6) is 17.5 Å². The van der Waals surface area contributed by atoms with Gasteiger partial charge in [0.1, 0.15) is 0 Å². The molecule has 66 valence electrons. The van der Waals surface area contributed by atoms with Crippen LogP contribution < -0.4 is 4.84 Å². The molecule has 0 spiro atoms. The number of aromatic nitrogens is 1. The molecule has 0 saturated carbocycles. The molecule has 3 N–H and O–H groups in total. The Hall–Kier alpha value is -1.56. The average Bonchev–Trinajstić information content (AvgIpc) is 2.16. The molecule has 0 aliphatic heterocycles. The molecule has 1 aromatic heterocycles. The highest BCUT2D eigenvalue weighted by atomic mass is 35.5. The first kappa shape index (κ1) is 8.54. The summed E-state index contributed by atoms with van der Waals surface area (Å²) in [5.74, 6) is -2.06. The number of hydrogen-bond acceptors (Lipinski definition) is 5. The molecular weight excluding hydrogens is 190 g/mol. The van der Waals surface area contributed by atoms with E-state index in [1.54, 1.807) is 0 Å². The highest BCUT2D eigenvalue weighted by molar-refractivity contribution is 6.61. The van der Waals surface area contributed by atoms with E-state index >= 15 is 0 Å². The molecule has 0 aliphatic carbocycles. The zero-order valence-corrected chi connectivity index (χ0v) is 6.32. The van der Waals surface area contributed by atoms with Crippen molar-refractivity contribution in [1.82, 2.24) is 4.73 Å². The molecule has 0 aromatic carbocycles. The molecule has 1 rings (SSSR count). The highest BCUT2D eigenvalue weighted by Crippen LogP contribution is 2.31. The van der Waals surface area contributed by atoms with Crippen molar-refractivity contribution in [2.24, 2.45) is 0 Å². The summed E-state index contributed by atoms with van der Waals surface area (Å²) in [6.07, 6.45) is 0. The normalized spacial score (nSPS) is 9.75. The van der Waals surface area contributed by atoms with Crippen molar-refractivity contribution in [2.75, 3.05) is 0 Å². The lowest BCUT2D eigenvalue weighted by atomic mass is 10.6. The summed E-state index contributed by atoms with van der Waals surface area (Å²) in [5.41, 5.74) is -1.25. The Morgan fingerprint density at radius 3 is 2.42 bits per heavy atom. The smallest absolute Gasteiger partial charge is 0.428 e. The summed E-state index contributed by atoms with van der Waals surface area (Å²) < 4.78 is 0.282. The van der Waals surface area contributed by atoms with Crippen LogP contribution in [0.3, 0.4) is 0 Å². The summed E-state index contributed by atoms with van der Waals surface area (Å²) in [6, 6.07) is 0.787. The van der Waals surface area contributed by atoms with Crippen LogP contribution in [-0.4, -0.2) is 25.5 Å². The van der Waals surface area contributed by atoms with Crippen LogP contribution in [0.1, 0.15) is 0 Å². The predicted octanol–water partition coefficient (Wildman–Crippen LogP) is 0.392. The van der Waals surface area contributed by atoms with E-state index < -0.39 is 22.9 Å². The maximum Gasteiger partial charge on any atom is 0.428 e. The fourth-order valence-electron chi connectivity index (χ4n) is 0.620. The van der Waals surface area contributed by atoms with Crippen LogP contribution in [0, 0.1) is 0 Å². The number of hydrogen-bond donors (Lipinski definition) is 3. The maximum absolute atomic E-state index is 10.1. The first-order valence-corrected chi connectivity index (χ1v) is 3.10. The molecule has 0 radical (unpaired) electrons. The standard InChI is InChI=1S/C5H4ClNO5/c6-5(11)12-7-3(9)1-2(8)4(7)10/h1,8-10H. The fourth-order valence-corrected chi connectivity index (χ4v) is 0.689. The van der Waals surface area contributed by atoms with Crippen molar-refractivity contribution in [3.8, 4) is 17.5 Å². The maximum atomic E-state index is 10.1. The molecule has 1 aromatic rings. The van der Waals surface area contributed by atoms with E-state index in [9.17, 15) is 4.79 Å². The van der Waals surface area contributed by atoms with E-state index in [1.165, 1.54) is 0 Å². The number of nitrogens with zero attached hydrogens (tertiary/aromatic N) is 1. The van der Waals surface area contributed by atoms with Gasteiger partial charge in [-0.15, -0.1) is 0 Å². The molecule has 12 heavy (non-hydrogen) atoms. The van der Waals surface area contributed by atoms with Crippen LogP contribution in [-0.2, 0) is 0 Å². The second kappa shape index (κ2) is 2.82.